The monoisotopic (exact) mass is 248 g/mol. The molecule has 86 valence electrons. The van der Waals surface area contributed by atoms with E-state index in [-0.39, 0.29) is 12.2 Å². The summed E-state index contributed by atoms with van der Waals surface area (Å²) in [6.07, 6.45) is 1.36. The van der Waals surface area contributed by atoms with Crippen molar-refractivity contribution in [2.75, 3.05) is 6.54 Å². The number of nitrogens with zero attached hydrogens (tertiary/aromatic N) is 2. The Balaban J connectivity index is 2.54. The van der Waals surface area contributed by atoms with Gasteiger partial charge in [0.25, 0.3) is 0 Å². The van der Waals surface area contributed by atoms with Gasteiger partial charge < -0.3 is 5.73 Å². The van der Waals surface area contributed by atoms with E-state index in [2.05, 4.69) is 22.0 Å². The lowest BCUT2D eigenvalue weighted by Gasteiger charge is -2.03. The van der Waals surface area contributed by atoms with E-state index in [0.29, 0.717) is 10.7 Å². The van der Waals surface area contributed by atoms with Crippen molar-refractivity contribution in [3.8, 4) is 17.5 Å². The van der Waals surface area contributed by atoms with Crippen molar-refractivity contribution in [3.05, 3.63) is 45.6 Å². The molecule has 1 heterocycles. The van der Waals surface area contributed by atoms with Gasteiger partial charge in [0.05, 0.1) is 17.3 Å². The Morgan fingerprint density at radius 2 is 2.35 bits per heavy atom. The van der Waals surface area contributed by atoms with Crippen LogP contribution in [0, 0.1) is 11.8 Å². The van der Waals surface area contributed by atoms with Gasteiger partial charge in [0.1, 0.15) is 6.33 Å². The van der Waals surface area contributed by atoms with Crippen LogP contribution in [0.3, 0.4) is 0 Å². The average molecular weight is 249 g/mol. The van der Waals surface area contributed by atoms with E-state index in [1.165, 1.54) is 10.9 Å². The van der Waals surface area contributed by atoms with Crippen molar-refractivity contribution in [1.29, 1.82) is 0 Å². The number of H-pyrrole nitrogens is 1. The third-order valence-corrected chi connectivity index (χ3v) is 2.41. The zero-order valence-corrected chi connectivity index (χ0v) is 9.53. The molecule has 0 spiro atoms. The van der Waals surface area contributed by atoms with Crippen LogP contribution in [-0.2, 0) is 0 Å². The second kappa shape index (κ2) is 4.87. The minimum atomic E-state index is -0.351. The summed E-state index contributed by atoms with van der Waals surface area (Å²) in [5.41, 5.74) is 6.22. The summed E-state index contributed by atoms with van der Waals surface area (Å²) in [5, 5.41) is 6.39. The second-order valence-electron chi connectivity index (χ2n) is 3.20. The molecular weight excluding hydrogens is 240 g/mol. The summed E-state index contributed by atoms with van der Waals surface area (Å²) < 4.78 is 1.32. The first-order valence-corrected chi connectivity index (χ1v) is 5.21. The maximum Gasteiger partial charge on any atom is 0.347 e. The fourth-order valence-electron chi connectivity index (χ4n) is 1.35. The molecule has 1 aromatic carbocycles. The zero-order valence-electron chi connectivity index (χ0n) is 8.77. The van der Waals surface area contributed by atoms with Gasteiger partial charge in [0.15, 0.2) is 0 Å². The van der Waals surface area contributed by atoms with Crippen molar-refractivity contribution < 1.29 is 0 Å². The molecule has 1 aromatic heterocycles. The molecule has 2 aromatic rings. The molecule has 2 rings (SSSR count). The number of nitrogens with one attached hydrogen (secondary N) is 1. The van der Waals surface area contributed by atoms with Crippen molar-refractivity contribution in [1.82, 2.24) is 14.8 Å². The quantitative estimate of drug-likeness (QED) is 0.723. The molecule has 0 atom stereocenters. The lowest BCUT2D eigenvalue weighted by molar-refractivity contribution is 0.982. The second-order valence-corrected chi connectivity index (χ2v) is 3.61. The zero-order chi connectivity index (χ0) is 12.3. The third kappa shape index (κ3) is 2.38. The van der Waals surface area contributed by atoms with Crippen LogP contribution in [0.2, 0.25) is 5.02 Å². The van der Waals surface area contributed by atoms with Gasteiger partial charge in [-0.05, 0) is 18.2 Å². The molecule has 0 fully saturated rings. The van der Waals surface area contributed by atoms with Crippen LogP contribution in [0.1, 0.15) is 5.56 Å². The minimum absolute atomic E-state index is 0.281. The van der Waals surface area contributed by atoms with Crippen LogP contribution in [-0.4, -0.2) is 21.3 Å². The van der Waals surface area contributed by atoms with Crippen LogP contribution < -0.4 is 11.4 Å². The number of hydrogen-bond acceptors (Lipinski definition) is 3. The molecule has 0 amide bonds. The Bertz CT molecular complexity index is 647. The SMILES string of the molecule is NCC#Cc1ccc(Cl)c(-n2cn[nH]c2=O)c1. The maximum absolute atomic E-state index is 11.4. The highest BCUT2D eigenvalue weighted by molar-refractivity contribution is 6.32. The highest BCUT2D eigenvalue weighted by atomic mass is 35.5. The van der Waals surface area contributed by atoms with Crippen LogP contribution in [0.5, 0.6) is 0 Å². The number of aromatic amines is 1. The Morgan fingerprint density at radius 1 is 1.53 bits per heavy atom. The molecule has 0 aliphatic carbocycles. The Labute approximate surface area is 102 Å². The van der Waals surface area contributed by atoms with Crippen molar-refractivity contribution in [3.63, 3.8) is 0 Å². The highest BCUT2D eigenvalue weighted by Crippen LogP contribution is 2.19. The van der Waals surface area contributed by atoms with Gasteiger partial charge in [0, 0.05) is 5.56 Å². The topological polar surface area (TPSA) is 76.7 Å². The number of aromatic nitrogens is 3. The minimum Gasteiger partial charge on any atom is -0.320 e. The van der Waals surface area contributed by atoms with Crippen LogP contribution in [0.25, 0.3) is 5.69 Å². The Morgan fingerprint density at radius 3 is 3.00 bits per heavy atom. The molecule has 6 heteroatoms. The summed E-state index contributed by atoms with van der Waals surface area (Å²) >= 11 is 6.02. The molecular formula is C11H9ClN4O. The highest BCUT2D eigenvalue weighted by Gasteiger charge is 2.06. The van der Waals surface area contributed by atoms with Gasteiger partial charge in [-0.15, -0.1) is 0 Å². The van der Waals surface area contributed by atoms with Crippen LogP contribution in [0.4, 0.5) is 0 Å². The first-order chi connectivity index (χ1) is 8.22. The van der Waals surface area contributed by atoms with E-state index in [1.807, 2.05) is 0 Å². The van der Waals surface area contributed by atoms with Crippen molar-refractivity contribution >= 4 is 11.6 Å². The van der Waals surface area contributed by atoms with Gasteiger partial charge in [-0.1, -0.05) is 23.4 Å². The van der Waals surface area contributed by atoms with E-state index < -0.39 is 0 Å². The summed E-state index contributed by atoms with van der Waals surface area (Å²) in [6.45, 7) is 0.281. The summed E-state index contributed by atoms with van der Waals surface area (Å²) in [5.74, 6) is 5.61. The van der Waals surface area contributed by atoms with E-state index in [1.54, 1.807) is 18.2 Å². The number of nitrogens with two attached hydrogens (primary N) is 1. The summed E-state index contributed by atoms with van der Waals surface area (Å²) in [6, 6.07) is 5.15. The summed E-state index contributed by atoms with van der Waals surface area (Å²) in [4.78, 5) is 11.4. The fraction of sp³-hybridized carbons (Fsp3) is 0.0909. The van der Waals surface area contributed by atoms with E-state index in [4.69, 9.17) is 17.3 Å². The number of rotatable bonds is 1. The van der Waals surface area contributed by atoms with E-state index in [0.717, 1.165) is 5.56 Å². The lowest BCUT2D eigenvalue weighted by Crippen LogP contribution is -2.14. The molecule has 0 saturated carbocycles. The molecule has 0 aliphatic heterocycles. The number of halogens is 1. The third-order valence-electron chi connectivity index (χ3n) is 2.09. The molecule has 0 radical (unpaired) electrons. The van der Waals surface area contributed by atoms with Gasteiger partial charge in [-0.2, -0.15) is 5.10 Å². The normalized spacial score (nSPS) is 9.76. The number of hydrogen-bond donors (Lipinski definition) is 2. The fourth-order valence-corrected chi connectivity index (χ4v) is 1.56. The van der Waals surface area contributed by atoms with Gasteiger partial charge in [0.2, 0.25) is 0 Å². The average Bonchev–Trinajstić information content (AvgIpc) is 2.74. The summed E-state index contributed by atoms with van der Waals surface area (Å²) in [7, 11) is 0. The predicted molar refractivity (Wildman–Crippen MR) is 65.1 cm³/mol. The maximum atomic E-state index is 11.4. The Kier molecular flexibility index (Phi) is 3.28. The lowest BCUT2D eigenvalue weighted by atomic mass is 10.2. The van der Waals surface area contributed by atoms with E-state index in [9.17, 15) is 4.79 Å². The predicted octanol–water partition coefficient (Wildman–Crippen LogP) is 0.524. The molecule has 0 unspecified atom stereocenters. The first-order valence-electron chi connectivity index (χ1n) is 4.83. The molecule has 0 aliphatic rings. The van der Waals surface area contributed by atoms with Crippen LogP contribution >= 0.6 is 11.6 Å². The van der Waals surface area contributed by atoms with Crippen molar-refractivity contribution in [2.24, 2.45) is 5.73 Å². The first kappa shape index (κ1) is 11.5. The van der Waals surface area contributed by atoms with Crippen molar-refractivity contribution in [2.45, 2.75) is 0 Å². The van der Waals surface area contributed by atoms with Gasteiger partial charge in [-0.3, -0.25) is 0 Å². The molecule has 0 saturated heterocycles. The smallest absolute Gasteiger partial charge is 0.320 e. The molecule has 5 nitrogen and oxygen atoms in total. The number of benzene rings is 1. The molecule has 17 heavy (non-hydrogen) atoms. The largest absolute Gasteiger partial charge is 0.347 e. The van der Waals surface area contributed by atoms with Gasteiger partial charge >= 0.3 is 5.69 Å². The Hall–Kier alpha value is -2.03. The van der Waals surface area contributed by atoms with Crippen LogP contribution in [0.15, 0.2) is 29.3 Å². The van der Waals surface area contributed by atoms with Gasteiger partial charge in [-0.25, -0.2) is 14.5 Å². The standard InChI is InChI=1S/C11H9ClN4O/c12-9-4-3-8(2-1-5-13)6-10(9)16-7-14-15-11(16)17/h3-4,6-7H,5,13H2,(H,15,17). The van der Waals surface area contributed by atoms with E-state index >= 15 is 0 Å². The molecule has 3 N–H and O–H groups in total. The molecule has 0 bridgehead atoms.